The molecule has 0 spiro atoms. The van der Waals surface area contributed by atoms with E-state index in [4.69, 9.17) is 0 Å². The molecule has 0 fully saturated rings. The van der Waals surface area contributed by atoms with Crippen LogP contribution in [-0.4, -0.2) is 0 Å². The van der Waals surface area contributed by atoms with Gasteiger partial charge >= 0.3 is 0 Å². The van der Waals surface area contributed by atoms with Crippen LogP contribution in [0, 0.1) is 11.8 Å². The van der Waals surface area contributed by atoms with Crippen LogP contribution >= 0.6 is 0 Å². The minimum atomic E-state index is 1.02. The van der Waals surface area contributed by atoms with Crippen LogP contribution in [0.5, 0.6) is 0 Å². The Labute approximate surface area is 108 Å². The number of benzene rings is 2. The van der Waals surface area contributed by atoms with Gasteiger partial charge in [-0.2, -0.15) is 0 Å². The van der Waals surface area contributed by atoms with Crippen molar-refractivity contribution in [3.63, 3.8) is 0 Å². The van der Waals surface area contributed by atoms with Crippen molar-refractivity contribution in [3.8, 4) is 11.8 Å². The Morgan fingerprint density at radius 3 is 2.33 bits per heavy atom. The first-order chi connectivity index (χ1) is 8.90. The highest BCUT2D eigenvalue weighted by molar-refractivity contribution is 5.59. The summed E-state index contributed by atoms with van der Waals surface area (Å²) in [7, 11) is 0. The molecule has 0 unspecified atom stereocenters. The van der Waals surface area contributed by atoms with Gasteiger partial charge in [0.1, 0.15) is 0 Å². The third-order valence-electron chi connectivity index (χ3n) is 2.48. The first kappa shape index (κ1) is 12.0. The Morgan fingerprint density at radius 2 is 1.56 bits per heavy atom. The lowest BCUT2D eigenvalue weighted by molar-refractivity contribution is 1.59. The van der Waals surface area contributed by atoms with Gasteiger partial charge in [-0.05, 0) is 42.8 Å². The maximum atomic E-state index is 3.20. The van der Waals surface area contributed by atoms with Gasteiger partial charge in [0.25, 0.3) is 0 Å². The van der Waals surface area contributed by atoms with Crippen molar-refractivity contribution in [2.45, 2.75) is 6.92 Å². The lowest BCUT2D eigenvalue weighted by Gasteiger charge is -1.96. The second-order valence-corrected chi connectivity index (χ2v) is 3.80. The van der Waals surface area contributed by atoms with Crippen molar-refractivity contribution >= 4 is 6.08 Å². The first-order valence-corrected chi connectivity index (χ1v) is 5.93. The third kappa shape index (κ3) is 3.25. The smallest absolute Gasteiger partial charge is 0.0327 e. The quantitative estimate of drug-likeness (QED) is 0.507. The van der Waals surface area contributed by atoms with Crippen molar-refractivity contribution in [2.24, 2.45) is 0 Å². The summed E-state index contributed by atoms with van der Waals surface area (Å²) in [4.78, 5) is 0. The molecule has 0 aliphatic heterocycles. The third-order valence-corrected chi connectivity index (χ3v) is 2.48. The molecule has 0 saturated heterocycles. The van der Waals surface area contributed by atoms with Crippen LogP contribution in [-0.2, 0) is 0 Å². The van der Waals surface area contributed by atoms with Crippen LogP contribution in [0.3, 0.4) is 0 Å². The highest BCUT2D eigenvalue weighted by Gasteiger charge is 1.93. The van der Waals surface area contributed by atoms with Crippen LogP contribution in [0.25, 0.3) is 6.08 Å². The van der Waals surface area contributed by atoms with Crippen LogP contribution in [0.2, 0.25) is 0 Å². The van der Waals surface area contributed by atoms with E-state index in [-0.39, 0.29) is 0 Å². The molecule has 0 N–H and O–H groups in total. The minimum Gasteiger partial charge on any atom is -0.125 e. The van der Waals surface area contributed by atoms with E-state index in [9.17, 15) is 0 Å². The fraction of sp³-hybridized carbons (Fsp3) is 0.0556. The summed E-state index contributed by atoms with van der Waals surface area (Å²) in [5.41, 5.74) is 6.24. The van der Waals surface area contributed by atoms with Crippen molar-refractivity contribution in [1.29, 1.82) is 0 Å². The fourth-order valence-electron chi connectivity index (χ4n) is 1.57. The van der Waals surface area contributed by atoms with Gasteiger partial charge < -0.3 is 0 Å². The number of hydrogen-bond donors (Lipinski definition) is 0. The Hall–Kier alpha value is -2.48. The SMILES string of the molecule is CC=C=Cc1ccccc1C#Cc1ccccc1. The van der Waals surface area contributed by atoms with Crippen molar-refractivity contribution < 1.29 is 0 Å². The Kier molecular flexibility index (Phi) is 4.20. The summed E-state index contributed by atoms with van der Waals surface area (Å²) < 4.78 is 0. The van der Waals surface area contributed by atoms with Gasteiger partial charge in [-0.3, -0.25) is 0 Å². The van der Waals surface area contributed by atoms with Crippen molar-refractivity contribution in [2.75, 3.05) is 0 Å². The average molecular weight is 230 g/mol. The topological polar surface area (TPSA) is 0 Å². The molecule has 0 heterocycles. The zero-order valence-corrected chi connectivity index (χ0v) is 10.4. The van der Waals surface area contributed by atoms with Gasteiger partial charge in [0.15, 0.2) is 0 Å². The zero-order valence-electron chi connectivity index (χ0n) is 10.4. The molecule has 0 aliphatic carbocycles. The summed E-state index contributed by atoms with van der Waals surface area (Å²) in [6.07, 6.45) is 3.84. The summed E-state index contributed by atoms with van der Waals surface area (Å²) in [6.45, 7) is 1.95. The number of hydrogen-bond acceptors (Lipinski definition) is 0. The fourth-order valence-corrected chi connectivity index (χ4v) is 1.57. The second-order valence-electron chi connectivity index (χ2n) is 3.80. The lowest BCUT2D eigenvalue weighted by atomic mass is 10.1. The monoisotopic (exact) mass is 230 g/mol. The van der Waals surface area contributed by atoms with Crippen LogP contribution in [0.1, 0.15) is 23.6 Å². The summed E-state index contributed by atoms with van der Waals surface area (Å²) in [6, 6.07) is 18.1. The predicted octanol–water partition coefficient (Wildman–Crippen LogP) is 4.27. The molecular weight excluding hydrogens is 216 g/mol. The Morgan fingerprint density at radius 1 is 0.833 bits per heavy atom. The average Bonchev–Trinajstić information content (AvgIpc) is 2.45. The standard InChI is InChI=1S/C18H14/c1-2-3-11-17-12-7-8-13-18(17)15-14-16-9-5-4-6-10-16/h2,4-13H,1H3. The largest absolute Gasteiger partial charge is 0.125 e. The summed E-state index contributed by atoms with van der Waals surface area (Å²) in [5.74, 6) is 6.37. The van der Waals surface area contributed by atoms with Gasteiger partial charge in [-0.25, -0.2) is 0 Å². The van der Waals surface area contributed by atoms with Crippen LogP contribution < -0.4 is 0 Å². The normalized spacial score (nSPS) is 8.72. The summed E-state index contributed by atoms with van der Waals surface area (Å²) >= 11 is 0. The van der Waals surface area contributed by atoms with Crippen molar-refractivity contribution in [1.82, 2.24) is 0 Å². The summed E-state index contributed by atoms with van der Waals surface area (Å²) in [5, 5.41) is 0. The Bertz CT molecular complexity index is 630. The Balaban J connectivity index is 2.36. The molecule has 0 nitrogen and oxygen atoms in total. The molecule has 2 rings (SSSR count). The number of allylic oxidation sites excluding steroid dienone is 1. The molecule has 0 radical (unpaired) electrons. The van der Waals surface area contributed by atoms with Gasteiger partial charge in [0.05, 0.1) is 0 Å². The second kappa shape index (κ2) is 6.30. The molecule has 86 valence electrons. The van der Waals surface area contributed by atoms with E-state index in [0.717, 1.165) is 16.7 Å². The van der Waals surface area contributed by atoms with Crippen molar-refractivity contribution in [3.05, 3.63) is 83.1 Å². The van der Waals surface area contributed by atoms with E-state index in [1.54, 1.807) is 0 Å². The molecule has 0 aromatic heterocycles. The molecule has 0 bridgehead atoms. The minimum absolute atomic E-state index is 1.02. The highest BCUT2D eigenvalue weighted by Crippen LogP contribution is 2.09. The molecule has 0 aliphatic rings. The molecule has 2 aromatic carbocycles. The molecular formula is C18H14. The molecule has 0 heteroatoms. The van der Waals surface area contributed by atoms with Crippen LogP contribution in [0.15, 0.2) is 66.4 Å². The van der Waals surface area contributed by atoms with Gasteiger partial charge in [0, 0.05) is 11.1 Å². The maximum absolute atomic E-state index is 3.20. The zero-order chi connectivity index (χ0) is 12.6. The first-order valence-electron chi connectivity index (χ1n) is 5.93. The predicted molar refractivity (Wildman–Crippen MR) is 77.1 cm³/mol. The molecule has 18 heavy (non-hydrogen) atoms. The van der Waals surface area contributed by atoms with E-state index < -0.39 is 0 Å². The van der Waals surface area contributed by atoms with Gasteiger partial charge in [-0.15, -0.1) is 5.73 Å². The van der Waals surface area contributed by atoms with E-state index in [0.29, 0.717) is 0 Å². The van der Waals surface area contributed by atoms with E-state index in [1.807, 2.05) is 73.7 Å². The number of rotatable bonds is 1. The van der Waals surface area contributed by atoms with E-state index in [2.05, 4.69) is 17.6 Å². The van der Waals surface area contributed by atoms with Crippen LogP contribution in [0.4, 0.5) is 0 Å². The van der Waals surface area contributed by atoms with Gasteiger partial charge in [-0.1, -0.05) is 48.2 Å². The molecule has 0 saturated carbocycles. The van der Waals surface area contributed by atoms with Gasteiger partial charge in [0.2, 0.25) is 0 Å². The molecule has 0 atom stereocenters. The van der Waals surface area contributed by atoms with E-state index >= 15 is 0 Å². The lowest BCUT2D eigenvalue weighted by Crippen LogP contribution is -1.80. The van der Waals surface area contributed by atoms with E-state index in [1.165, 1.54) is 0 Å². The molecule has 0 amide bonds. The maximum Gasteiger partial charge on any atom is 0.0327 e. The molecule has 2 aromatic rings. The highest BCUT2D eigenvalue weighted by atomic mass is 14.0.